The van der Waals surface area contributed by atoms with Crippen LogP contribution >= 0.6 is 0 Å². The average molecular weight is 329 g/mol. The smallest absolute Gasteiger partial charge is 0.262 e. The highest BCUT2D eigenvalue weighted by Crippen LogP contribution is 2.30. The molecule has 0 unspecified atom stereocenters. The molecule has 5 heteroatoms. The lowest BCUT2D eigenvalue weighted by molar-refractivity contribution is -0.118. The topological polar surface area (TPSA) is 56.8 Å². The summed E-state index contributed by atoms with van der Waals surface area (Å²) in [6.45, 7) is 6.31. The van der Waals surface area contributed by atoms with Gasteiger partial charge in [0, 0.05) is 11.8 Å². The summed E-state index contributed by atoms with van der Waals surface area (Å²) in [4.78, 5) is 12.1. The zero-order chi connectivity index (χ0) is 17.5. The van der Waals surface area contributed by atoms with Gasteiger partial charge in [-0.05, 0) is 44.0 Å². The van der Waals surface area contributed by atoms with Crippen LogP contribution in [0, 0.1) is 13.8 Å². The first-order chi connectivity index (χ1) is 11.5. The van der Waals surface area contributed by atoms with Crippen molar-refractivity contribution in [2.45, 2.75) is 20.8 Å². The molecule has 0 heterocycles. The lowest BCUT2D eigenvalue weighted by Crippen LogP contribution is -2.20. The van der Waals surface area contributed by atoms with Gasteiger partial charge < -0.3 is 19.5 Å². The quantitative estimate of drug-likeness (QED) is 0.841. The molecule has 0 bridgehead atoms. The molecule has 24 heavy (non-hydrogen) atoms. The van der Waals surface area contributed by atoms with E-state index in [9.17, 15) is 4.79 Å². The Hall–Kier alpha value is -2.69. The van der Waals surface area contributed by atoms with E-state index in [0.29, 0.717) is 23.8 Å². The Labute approximate surface area is 142 Å². The highest BCUT2D eigenvalue weighted by Gasteiger charge is 2.10. The summed E-state index contributed by atoms with van der Waals surface area (Å²) in [5, 5.41) is 2.80. The monoisotopic (exact) mass is 329 g/mol. The Morgan fingerprint density at radius 1 is 1.04 bits per heavy atom. The summed E-state index contributed by atoms with van der Waals surface area (Å²) in [5.41, 5.74) is 2.64. The molecule has 128 valence electrons. The number of amides is 1. The maximum atomic E-state index is 12.1. The summed E-state index contributed by atoms with van der Waals surface area (Å²) in [6, 6.07) is 11.1. The minimum absolute atomic E-state index is 0.0543. The second kappa shape index (κ2) is 8.24. The lowest BCUT2D eigenvalue weighted by atomic mass is 10.1. The van der Waals surface area contributed by atoms with Crippen molar-refractivity contribution in [3.63, 3.8) is 0 Å². The highest BCUT2D eigenvalue weighted by molar-refractivity contribution is 5.92. The molecule has 2 aromatic rings. The molecule has 0 aliphatic carbocycles. The number of aryl methyl sites for hydroxylation is 2. The van der Waals surface area contributed by atoms with E-state index in [4.69, 9.17) is 14.2 Å². The summed E-state index contributed by atoms with van der Waals surface area (Å²) in [7, 11) is 1.56. The van der Waals surface area contributed by atoms with Gasteiger partial charge in [0.05, 0.1) is 13.7 Å². The number of hydrogen-bond acceptors (Lipinski definition) is 4. The summed E-state index contributed by atoms with van der Waals surface area (Å²) >= 11 is 0. The fraction of sp³-hybridized carbons (Fsp3) is 0.316. The molecule has 0 radical (unpaired) electrons. The van der Waals surface area contributed by atoms with E-state index in [1.807, 2.05) is 39.0 Å². The number of hydrogen-bond donors (Lipinski definition) is 1. The largest absolute Gasteiger partial charge is 0.493 e. The average Bonchev–Trinajstić information content (AvgIpc) is 2.56. The molecular weight excluding hydrogens is 306 g/mol. The van der Waals surface area contributed by atoms with Crippen LogP contribution in [0.1, 0.15) is 18.1 Å². The van der Waals surface area contributed by atoms with Crippen molar-refractivity contribution in [3.05, 3.63) is 47.5 Å². The van der Waals surface area contributed by atoms with E-state index in [1.165, 1.54) is 0 Å². The van der Waals surface area contributed by atoms with E-state index in [-0.39, 0.29) is 12.5 Å². The van der Waals surface area contributed by atoms with Crippen LogP contribution in [0.3, 0.4) is 0 Å². The predicted octanol–water partition coefficient (Wildman–Crippen LogP) is 3.73. The normalized spacial score (nSPS) is 10.2. The second-order valence-electron chi connectivity index (χ2n) is 5.36. The van der Waals surface area contributed by atoms with Gasteiger partial charge in [0.2, 0.25) is 0 Å². The van der Waals surface area contributed by atoms with Crippen molar-refractivity contribution in [1.82, 2.24) is 0 Å². The van der Waals surface area contributed by atoms with Crippen LogP contribution < -0.4 is 19.5 Å². The third-order valence-electron chi connectivity index (χ3n) is 3.50. The second-order valence-corrected chi connectivity index (χ2v) is 5.36. The number of para-hydroxylation sites is 1. The van der Waals surface area contributed by atoms with E-state index in [0.717, 1.165) is 16.9 Å². The molecule has 0 fully saturated rings. The molecule has 2 rings (SSSR count). The Balaban J connectivity index is 1.99. The molecule has 0 atom stereocenters. The Morgan fingerprint density at radius 2 is 1.75 bits per heavy atom. The molecule has 2 aromatic carbocycles. The third-order valence-corrected chi connectivity index (χ3v) is 3.50. The van der Waals surface area contributed by atoms with Crippen molar-refractivity contribution < 1.29 is 19.0 Å². The van der Waals surface area contributed by atoms with Crippen LogP contribution in [0.2, 0.25) is 0 Å². The van der Waals surface area contributed by atoms with Gasteiger partial charge in [-0.2, -0.15) is 0 Å². The van der Waals surface area contributed by atoms with Crippen LogP contribution in [0.5, 0.6) is 17.2 Å². The number of rotatable bonds is 7. The summed E-state index contributed by atoms with van der Waals surface area (Å²) < 4.78 is 16.4. The van der Waals surface area contributed by atoms with Crippen LogP contribution in [-0.4, -0.2) is 26.2 Å². The van der Waals surface area contributed by atoms with Gasteiger partial charge in [-0.15, -0.1) is 0 Å². The van der Waals surface area contributed by atoms with Gasteiger partial charge in [0.25, 0.3) is 5.91 Å². The number of ether oxygens (including phenoxy) is 3. The van der Waals surface area contributed by atoms with Crippen molar-refractivity contribution >= 4 is 11.6 Å². The van der Waals surface area contributed by atoms with Gasteiger partial charge in [-0.1, -0.05) is 18.2 Å². The summed E-state index contributed by atoms with van der Waals surface area (Å²) in [5.74, 6) is 1.73. The van der Waals surface area contributed by atoms with Gasteiger partial charge >= 0.3 is 0 Å². The maximum Gasteiger partial charge on any atom is 0.262 e. The van der Waals surface area contributed by atoms with E-state index in [1.54, 1.807) is 25.3 Å². The zero-order valence-corrected chi connectivity index (χ0v) is 14.5. The summed E-state index contributed by atoms with van der Waals surface area (Å²) in [6.07, 6.45) is 0. The molecule has 1 amide bonds. The van der Waals surface area contributed by atoms with E-state index in [2.05, 4.69) is 5.32 Å². The number of benzene rings is 2. The van der Waals surface area contributed by atoms with Crippen molar-refractivity contribution in [3.8, 4) is 17.2 Å². The van der Waals surface area contributed by atoms with Crippen molar-refractivity contribution in [2.75, 3.05) is 25.6 Å². The van der Waals surface area contributed by atoms with Crippen LogP contribution in [0.25, 0.3) is 0 Å². The first-order valence-corrected chi connectivity index (χ1v) is 7.84. The standard InChI is InChI=1S/C19H23NO4/c1-5-23-16-10-9-15(11-17(16)22-4)20-18(21)12-24-19-13(2)7-6-8-14(19)3/h6-11H,5,12H2,1-4H3,(H,20,21). The minimum Gasteiger partial charge on any atom is -0.493 e. The molecule has 0 saturated heterocycles. The number of carbonyl (C=O) groups excluding carboxylic acids is 1. The van der Waals surface area contributed by atoms with Crippen LogP contribution in [0.4, 0.5) is 5.69 Å². The molecule has 0 saturated carbocycles. The van der Waals surface area contributed by atoms with Crippen LogP contribution in [-0.2, 0) is 4.79 Å². The number of nitrogens with one attached hydrogen (secondary N) is 1. The van der Waals surface area contributed by atoms with Crippen LogP contribution in [0.15, 0.2) is 36.4 Å². The van der Waals surface area contributed by atoms with Crippen molar-refractivity contribution in [2.24, 2.45) is 0 Å². The number of carbonyl (C=O) groups is 1. The molecule has 0 spiro atoms. The third kappa shape index (κ3) is 4.41. The maximum absolute atomic E-state index is 12.1. The highest BCUT2D eigenvalue weighted by atomic mass is 16.5. The van der Waals surface area contributed by atoms with Gasteiger partial charge in [0.1, 0.15) is 5.75 Å². The molecule has 0 aliphatic rings. The molecule has 1 N–H and O–H groups in total. The Morgan fingerprint density at radius 3 is 2.38 bits per heavy atom. The van der Waals surface area contributed by atoms with Gasteiger partial charge in [0.15, 0.2) is 18.1 Å². The molecule has 0 aliphatic heterocycles. The number of methoxy groups -OCH3 is 1. The Kier molecular flexibility index (Phi) is 6.07. The SMILES string of the molecule is CCOc1ccc(NC(=O)COc2c(C)cccc2C)cc1OC. The molecular formula is C19H23NO4. The number of anilines is 1. The lowest BCUT2D eigenvalue weighted by Gasteiger charge is -2.13. The van der Waals surface area contributed by atoms with Crippen molar-refractivity contribution in [1.29, 1.82) is 0 Å². The fourth-order valence-electron chi connectivity index (χ4n) is 2.38. The first-order valence-electron chi connectivity index (χ1n) is 7.84. The zero-order valence-electron chi connectivity index (χ0n) is 14.5. The Bertz CT molecular complexity index is 692. The van der Waals surface area contributed by atoms with Gasteiger partial charge in [-0.25, -0.2) is 0 Å². The van der Waals surface area contributed by atoms with E-state index >= 15 is 0 Å². The van der Waals surface area contributed by atoms with Gasteiger partial charge in [-0.3, -0.25) is 4.79 Å². The molecule has 0 aromatic heterocycles. The first kappa shape index (κ1) is 17.7. The predicted molar refractivity (Wildman–Crippen MR) is 94.2 cm³/mol. The fourth-order valence-corrected chi connectivity index (χ4v) is 2.38. The minimum atomic E-state index is -0.233. The molecule has 5 nitrogen and oxygen atoms in total. The van der Waals surface area contributed by atoms with E-state index < -0.39 is 0 Å².